The Balaban J connectivity index is 0.000000212. The van der Waals surface area contributed by atoms with Gasteiger partial charge in [-0.2, -0.15) is 12.1 Å². The van der Waals surface area contributed by atoms with E-state index in [9.17, 15) is 0 Å². The van der Waals surface area contributed by atoms with E-state index < -0.39 is 0 Å². The molecule has 0 bridgehead atoms. The van der Waals surface area contributed by atoms with Crippen LogP contribution < -0.4 is 24.8 Å². The Morgan fingerprint density at radius 1 is 0.537 bits per heavy atom. The van der Waals surface area contributed by atoms with Gasteiger partial charge in [-0.05, 0) is 59.8 Å². The molecule has 6 aromatic rings. The van der Waals surface area contributed by atoms with Crippen molar-refractivity contribution in [2.75, 3.05) is 0 Å². The zero-order chi connectivity index (χ0) is 36.3. The van der Waals surface area contributed by atoms with E-state index in [0.717, 1.165) is 24.7 Å². The van der Waals surface area contributed by atoms with Crippen molar-refractivity contribution in [3.05, 3.63) is 131 Å². The van der Waals surface area contributed by atoms with Crippen molar-refractivity contribution in [1.82, 2.24) is 0 Å². The number of rotatable bonds is 8. The molecule has 6 aromatic carbocycles. The summed E-state index contributed by atoms with van der Waals surface area (Å²) in [6.45, 7) is 9.04. The molecule has 0 radical (unpaired) electrons. The van der Waals surface area contributed by atoms with Crippen molar-refractivity contribution in [2.45, 2.75) is 117 Å². The molecule has 0 amide bonds. The maximum Gasteiger partial charge on any atom is -1.00 e. The van der Waals surface area contributed by atoms with Crippen LogP contribution in [-0.4, -0.2) is 5.43 Å². The topological polar surface area (TPSA) is 0 Å². The van der Waals surface area contributed by atoms with Gasteiger partial charge in [0.25, 0.3) is 0 Å². The fourth-order valence-corrected chi connectivity index (χ4v) is 8.62. The molecular formula is C50H60Cl2SiZr-2. The predicted molar refractivity (Wildman–Crippen MR) is 227 cm³/mol. The van der Waals surface area contributed by atoms with Gasteiger partial charge in [0.05, 0.1) is 0 Å². The molecule has 0 unspecified atom stereocenters. The van der Waals surface area contributed by atoms with E-state index in [1.54, 1.807) is 23.3 Å². The second-order valence-electron chi connectivity index (χ2n) is 15.9. The number of halogens is 2. The first-order valence-corrected chi connectivity index (χ1v) is 26.7. The molecular weight excluding hydrogens is 791 g/mol. The molecule has 0 heterocycles. The van der Waals surface area contributed by atoms with Gasteiger partial charge < -0.3 is 24.8 Å². The molecule has 0 nitrogen and oxygen atoms in total. The van der Waals surface area contributed by atoms with Crippen LogP contribution in [0, 0.1) is 11.8 Å². The minimum atomic E-state index is 0. The van der Waals surface area contributed by atoms with Crippen molar-refractivity contribution < 1.29 is 48.1 Å². The maximum absolute atomic E-state index is 2.45. The molecule has 2 aliphatic rings. The third-order valence-electron chi connectivity index (χ3n) is 11.5. The van der Waals surface area contributed by atoms with Gasteiger partial charge in [-0.15, -0.1) is 69.1 Å². The average molecular weight is 851 g/mol. The van der Waals surface area contributed by atoms with E-state index in [2.05, 4.69) is 136 Å². The second kappa shape index (κ2) is 22.5. The zero-order valence-electron chi connectivity index (χ0n) is 33.2. The number of benzene rings is 4. The zero-order valence-corrected chi connectivity index (χ0v) is 38.2. The van der Waals surface area contributed by atoms with Crippen LogP contribution in [0.4, 0.5) is 0 Å². The van der Waals surface area contributed by atoms with E-state index in [4.69, 9.17) is 0 Å². The van der Waals surface area contributed by atoms with Crippen LogP contribution in [0.15, 0.2) is 109 Å². The van der Waals surface area contributed by atoms with Crippen molar-refractivity contribution in [3.8, 4) is 22.3 Å². The van der Waals surface area contributed by atoms with Gasteiger partial charge in [0, 0.05) is 0 Å². The van der Waals surface area contributed by atoms with Gasteiger partial charge in [0.1, 0.15) is 0 Å². The van der Waals surface area contributed by atoms with Crippen LogP contribution in [0.3, 0.4) is 0 Å². The number of hydrogen-bond donors (Lipinski definition) is 0. The molecule has 0 aromatic heterocycles. The SMILES string of the molecule is CCc1ccc(-c2cccc3[cH-]c(CC4CCCCC4)cc23)cc1.CCc1ccc(-c2cccc3[cH-]c(CC4CCCCC4)cc23)cc1.C[Si](C)=[Zr+2].[Cl-].[Cl-]. The Kier molecular flexibility index (Phi) is 18.5. The summed E-state index contributed by atoms with van der Waals surface area (Å²) in [5, 5.41) is 5.65. The van der Waals surface area contributed by atoms with Crippen molar-refractivity contribution in [1.29, 1.82) is 0 Å². The monoisotopic (exact) mass is 848 g/mol. The summed E-state index contributed by atoms with van der Waals surface area (Å²) < 4.78 is 0. The van der Waals surface area contributed by atoms with E-state index in [0.29, 0.717) is 0 Å². The van der Waals surface area contributed by atoms with Crippen molar-refractivity contribution >= 4 is 27.0 Å². The summed E-state index contributed by atoms with van der Waals surface area (Å²) in [4.78, 5) is 0. The number of aryl methyl sites for hydroxylation is 2. The minimum Gasteiger partial charge on any atom is -1.00 e. The fourth-order valence-electron chi connectivity index (χ4n) is 8.62. The van der Waals surface area contributed by atoms with Crippen molar-refractivity contribution in [2.24, 2.45) is 11.8 Å². The standard InChI is InChI=1S/2C24H27.C2H6Si.2ClH.Zr/c2*1-2-18-11-13-21(14-12-18)23-10-6-9-22-16-20(17-24(22)23)15-19-7-4-3-5-8-19;1-3-2;;;/h2*6,9-14,16-17,19H,2-5,7-8,15H2,1H3;1-2H3;2*1H;/q2*-1;;;;+2/p-2. The summed E-state index contributed by atoms with van der Waals surface area (Å²) in [7, 11) is 0. The minimum absolute atomic E-state index is 0. The Hall–Kier alpha value is -2.22. The Labute approximate surface area is 354 Å². The molecule has 0 saturated heterocycles. The van der Waals surface area contributed by atoms with E-state index in [-0.39, 0.29) is 30.2 Å². The van der Waals surface area contributed by atoms with E-state index in [1.165, 1.54) is 143 Å². The van der Waals surface area contributed by atoms with Gasteiger partial charge in [-0.3, -0.25) is 0 Å². The van der Waals surface area contributed by atoms with Gasteiger partial charge in [-0.25, -0.2) is 0 Å². The van der Waals surface area contributed by atoms with Crippen LogP contribution >= 0.6 is 0 Å². The fraction of sp³-hybridized carbons (Fsp3) is 0.400. The van der Waals surface area contributed by atoms with Gasteiger partial charge in [0.15, 0.2) is 0 Å². The van der Waals surface area contributed by atoms with Gasteiger partial charge in [-0.1, -0.05) is 150 Å². The largest absolute Gasteiger partial charge is 1.00 e. The third-order valence-corrected chi connectivity index (χ3v) is 11.5. The molecule has 0 atom stereocenters. The molecule has 0 N–H and O–H groups in total. The normalized spacial score (nSPS) is 14.6. The molecule has 284 valence electrons. The summed E-state index contributed by atoms with van der Waals surface area (Å²) in [6.07, 6.45) is 19.0. The summed E-state index contributed by atoms with van der Waals surface area (Å²) in [5.74, 6) is 1.81. The first-order chi connectivity index (χ1) is 25.4. The Morgan fingerprint density at radius 2 is 0.889 bits per heavy atom. The molecule has 2 aliphatic carbocycles. The molecule has 8 rings (SSSR count). The first kappa shape index (κ1) is 44.5. The van der Waals surface area contributed by atoms with E-state index >= 15 is 0 Å². The number of fused-ring (bicyclic) bond motifs is 2. The van der Waals surface area contributed by atoms with Gasteiger partial charge in [0.2, 0.25) is 0 Å². The van der Waals surface area contributed by atoms with Crippen LogP contribution in [-0.2, 0) is 49.0 Å². The van der Waals surface area contributed by atoms with E-state index in [1.807, 2.05) is 0 Å². The summed E-state index contributed by atoms with van der Waals surface area (Å²) in [5.41, 5.74) is 11.5. The molecule has 2 saturated carbocycles. The van der Waals surface area contributed by atoms with Crippen molar-refractivity contribution in [3.63, 3.8) is 0 Å². The smallest absolute Gasteiger partial charge is 1.00 e. The maximum atomic E-state index is 2.45. The quantitative estimate of drug-likeness (QED) is 0.106. The molecule has 0 aliphatic heterocycles. The Bertz CT molecular complexity index is 1860. The van der Waals surface area contributed by atoms with Crippen LogP contribution in [0.1, 0.15) is 100 Å². The predicted octanol–water partition coefficient (Wildman–Crippen LogP) is 8.61. The van der Waals surface area contributed by atoms with Crippen LogP contribution in [0.2, 0.25) is 13.1 Å². The summed E-state index contributed by atoms with van der Waals surface area (Å²) >= 11 is 1.74. The first-order valence-electron chi connectivity index (χ1n) is 20.5. The van der Waals surface area contributed by atoms with Gasteiger partial charge >= 0.3 is 41.9 Å². The third kappa shape index (κ3) is 12.4. The average Bonchev–Trinajstić information content (AvgIpc) is 3.79. The van der Waals surface area contributed by atoms with Crippen LogP contribution in [0.5, 0.6) is 0 Å². The molecule has 2 fully saturated rings. The Morgan fingerprint density at radius 3 is 1.22 bits per heavy atom. The van der Waals surface area contributed by atoms with Crippen LogP contribution in [0.25, 0.3) is 43.8 Å². The summed E-state index contributed by atoms with van der Waals surface area (Å²) in [6, 6.07) is 41.4. The molecule has 0 spiro atoms. The molecule has 4 heteroatoms. The second-order valence-corrected chi connectivity index (χ2v) is 25.2. The molecule has 54 heavy (non-hydrogen) atoms. The number of hydrogen-bond acceptors (Lipinski definition) is 0.